The van der Waals surface area contributed by atoms with Crippen LogP contribution in [0.3, 0.4) is 0 Å². The number of nitrogens with one attached hydrogen (secondary N) is 1. The molecule has 0 rings (SSSR count). The monoisotopic (exact) mass is 176 g/mol. The van der Waals surface area contributed by atoms with E-state index < -0.39 is 6.04 Å². The Kier molecular flexibility index (Phi) is 6.64. The van der Waals surface area contributed by atoms with Gasteiger partial charge in [-0.3, -0.25) is 4.79 Å². The number of amides is 1. The fourth-order valence-electron chi connectivity index (χ4n) is 0.574. The summed E-state index contributed by atoms with van der Waals surface area (Å²) in [5, 5.41) is 10.9. The normalized spacial score (nSPS) is 12.6. The molecule has 0 spiro atoms. The molecule has 72 valence electrons. The fraction of sp³-hybridized carbons (Fsp3) is 0.857. The summed E-state index contributed by atoms with van der Waals surface area (Å²) in [6.45, 7) is 2.75. The Labute approximate surface area is 71.9 Å². The van der Waals surface area contributed by atoms with Crippen LogP contribution in [-0.4, -0.2) is 43.4 Å². The van der Waals surface area contributed by atoms with Crippen LogP contribution in [0, 0.1) is 0 Å². The zero-order valence-corrected chi connectivity index (χ0v) is 7.25. The number of carbonyl (C=O) groups is 1. The Hall–Kier alpha value is -0.650. The molecule has 0 aliphatic heterocycles. The van der Waals surface area contributed by atoms with Crippen molar-refractivity contribution in [1.82, 2.24) is 5.32 Å². The SMILES string of the molecule is CC(N)C(=O)NCCOCCO. The first-order valence-corrected chi connectivity index (χ1v) is 3.90. The highest BCUT2D eigenvalue weighted by Gasteiger charge is 2.04. The summed E-state index contributed by atoms with van der Waals surface area (Å²) in [7, 11) is 0. The third-order valence-electron chi connectivity index (χ3n) is 1.19. The molecule has 0 aromatic heterocycles. The molecule has 0 aliphatic rings. The molecule has 0 bridgehead atoms. The topological polar surface area (TPSA) is 84.6 Å². The zero-order chi connectivity index (χ0) is 9.40. The van der Waals surface area contributed by atoms with Crippen LogP contribution < -0.4 is 11.1 Å². The molecule has 0 heterocycles. The maximum Gasteiger partial charge on any atom is 0.236 e. The third kappa shape index (κ3) is 6.09. The Bertz CT molecular complexity index is 128. The standard InChI is InChI=1S/C7H16N2O3/c1-6(8)7(11)9-2-4-12-5-3-10/h6,10H,2-5,8H2,1H3,(H,9,11). The van der Waals surface area contributed by atoms with E-state index in [0.717, 1.165) is 0 Å². The maximum absolute atomic E-state index is 10.8. The quantitative estimate of drug-likeness (QED) is 0.428. The molecule has 0 aromatic carbocycles. The number of nitrogens with two attached hydrogens (primary N) is 1. The Morgan fingerprint density at radius 3 is 2.83 bits per heavy atom. The van der Waals surface area contributed by atoms with Crippen LogP contribution in [0.15, 0.2) is 0 Å². The third-order valence-corrected chi connectivity index (χ3v) is 1.19. The predicted molar refractivity (Wildman–Crippen MR) is 44.6 cm³/mol. The predicted octanol–water partition coefficient (Wildman–Crippen LogP) is -1.54. The number of hydrogen-bond donors (Lipinski definition) is 3. The summed E-state index contributed by atoms with van der Waals surface area (Å²) in [5.74, 6) is -0.192. The van der Waals surface area contributed by atoms with E-state index in [1.165, 1.54) is 0 Å². The summed E-state index contributed by atoms with van der Waals surface area (Å²) >= 11 is 0. The van der Waals surface area contributed by atoms with Gasteiger partial charge < -0.3 is 20.9 Å². The minimum atomic E-state index is -0.483. The van der Waals surface area contributed by atoms with Gasteiger partial charge in [0.2, 0.25) is 5.91 Å². The van der Waals surface area contributed by atoms with Crippen LogP contribution in [0.5, 0.6) is 0 Å². The summed E-state index contributed by atoms with van der Waals surface area (Å²) in [6.07, 6.45) is 0. The lowest BCUT2D eigenvalue weighted by Gasteiger charge is -2.07. The van der Waals surface area contributed by atoms with Crippen molar-refractivity contribution in [2.24, 2.45) is 5.73 Å². The van der Waals surface area contributed by atoms with Crippen molar-refractivity contribution < 1.29 is 14.6 Å². The summed E-state index contributed by atoms with van der Waals surface area (Å²) in [5.41, 5.74) is 5.28. The van der Waals surface area contributed by atoms with Gasteiger partial charge in [-0.05, 0) is 6.92 Å². The van der Waals surface area contributed by atoms with Crippen molar-refractivity contribution in [3.8, 4) is 0 Å². The van der Waals surface area contributed by atoms with Gasteiger partial charge in [-0.25, -0.2) is 0 Å². The first-order valence-electron chi connectivity index (χ1n) is 3.90. The number of ether oxygens (including phenoxy) is 1. The molecule has 12 heavy (non-hydrogen) atoms. The molecule has 5 heteroatoms. The van der Waals surface area contributed by atoms with E-state index in [9.17, 15) is 4.79 Å². The number of carbonyl (C=O) groups excluding carboxylic acids is 1. The van der Waals surface area contributed by atoms with Crippen LogP contribution in [0.2, 0.25) is 0 Å². The van der Waals surface area contributed by atoms with Crippen molar-refractivity contribution in [2.45, 2.75) is 13.0 Å². The highest BCUT2D eigenvalue weighted by Crippen LogP contribution is 1.75. The minimum absolute atomic E-state index is 0.00123. The van der Waals surface area contributed by atoms with Crippen LogP contribution in [0.25, 0.3) is 0 Å². The molecular weight excluding hydrogens is 160 g/mol. The number of aliphatic hydroxyl groups is 1. The van der Waals surface area contributed by atoms with Gasteiger partial charge in [0, 0.05) is 6.54 Å². The van der Waals surface area contributed by atoms with Gasteiger partial charge in [-0.1, -0.05) is 0 Å². The Morgan fingerprint density at radius 1 is 1.67 bits per heavy atom. The van der Waals surface area contributed by atoms with Gasteiger partial charge >= 0.3 is 0 Å². The van der Waals surface area contributed by atoms with E-state index in [1.54, 1.807) is 6.92 Å². The fourth-order valence-corrected chi connectivity index (χ4v) is 0.574. The molecule has 0 fully saturated rings. The molecular formula is C7H16N2O3. The van der Waals surface area contributed by atoms with Gasteiger partial charge in [0.15, 0.2) is 0 Å². The van der Waals surface area contributed by atoms with E-state index in [-0.39, 0.29) is 12.5 Å². The smallest absolute Gasteiger partial charge is 0.236 e. The van der Waals surface area contributed by atoms with Gasteiger partial charge in [0.25, 0.3) is 0 Å². The second-order valence-electron chi connectivity index (χ2n) is 2.42. The molecule has 1 amide bonds. The number of rotatable bonds is 6. The van der Waals surface area contributed by atoms with Crippen molar-refractivity contribution in [1.29, 1.82) is 0 Å². The zero-order valence-electron chi connectivity index (χ0n) is 7.25. The van der Waals surface area contributed by atoms with E-state index >= 15 is 0 Å². The Balaban J connectivity index is 3.14. The first-order chi connectivity index (χ1) is 5.68. The number of aliphatic hydroxyl groups excluding tert-OH is 1. The van der Waals surface area contributed by atoms with Crippen molar-refractivity contribution >= 4 is 5.91 Å². The average molecular weight is 176 g/mol. The lowest BCUT2D eigenvalue weighted by Crippen LogP contribution is -2.39. The summed E-state index contributed by atoms with van der Waals surface area (Å²) in [6, 6.07) is -0.483. The van der Waals surface area contributed by atoms with Crippen molar-refractivity contribution in [2.75, 3.05) is 26.4 Å². The van der Waals surface area contributed by atoms with Crippen LogP contribution in [0.4, 0.5) is 0 Å². The first kappa shape index (κ1) is 11.4. The van der Waals surface area contributed by atoms with Gasteiger partial charge in [0.05, 0.1) is 25.9 Å². The molecule has 0 aromatic rings. The Morgan fingerprint density at radius 2 is 2.33 bits per heavy atom. The van der Waals surface area contributed by atoms with Gasteiger partial charge in [0.1, 0.15) is 0 Å². The lowest BCUT2D eigenvalue weighted by molar-refractivity contribution is -0.122. The maximum atomic E-state index is 10.8. The van der Waals surface area contributed by atoms with E-state index in [4.69, 9.17) is 15.6 Å². The van der Waals surface area contributed by atoms with Crippen LogP contribution >= 0.6 is 0 Å². The molecule has 0 radical (unpaired) electrons. The molecule has 1 unspecified atom stereocenters. The van der Waals surface area contributed by atoms with Crippen molar-refractivity contribution in [3.63, 3.8) is 0 Å². The molecule has 0 saturated carbocycles. The lowest BCUT2D eigenvalue weighted by atomic mass is 10.3. The van der Waals surface area contributed by atoms with Gasteiger partial charge in [-0.2, -0.15) is 0 Å². The van der Waals surface area contributed by atoms with Crippen LogP contribution in [0.1, 0.15) is 6.92 Å². The van der Waals surface area contributed by atoms with E-state index in [0.29, 0.717) is 19.8 Å². The second kappa shape index (κ2) is 7.02. The number of hydrogen-bond acceptors (Lipinski definition) is 4. The van der Waals surface area contributed by atoms with Crippen molar-refractivity contribution in [3.05, 3.63) is 0 Å². The summed E-state index contributed by atoms with van der Waals surface area (Å²) in [4.78, 5) is 10.8. The van der Waals surface area contributed by atoms with E-state index in [1.807, 2.05) is 0 Å². The largest absolute Gasteiger partial charge is 0.394 e. The molecule has 1 atom stereocenters. The molecule has 5 nitrogen and oxygen atoms in total. The molecule has 0 saturated heterocycles. The highest BCUT2D eigenvalue weighted by atomic mass is 16.5. The van der Waals surface area contributed by atoms with E-state index in [2.05, 4.69) is 5.32 Å². The molecule has 0 aliphatic carbocycles. The molecule has 4 N–H and O–H groups in total. The highest BCUT2D eigenvalue weighted by molar-refractivity contribution is 5.80. The van der Waals surface area contributed by atoms with Gasteiger partial charge in [-0.15, -0.1) is 0 Å². The second-order valence-corrected chi connectivity index (χ2v) is 2.42. The minimum Gasteiger partial charge on any atom is -0.394 e. The average Bonchev–Trinajstić information content (AvgIpc) is 2.03. The summed E-state index contributed by atoms with van der Waals surface area (Å²) < 4.78 is 4.91. The van der Waals surface area contributed by atoms with Crippen LogP contribution in [-0.2, 0) is 9.53 Å².